The second-order valence-corrected chi connectivity index (χ2v) is 9.24. The van der Waals surface area contributed by atoms with Crippen LogP contribution in [0.1, 0.15) is 28.8 Å². The molecule has 1 unspecified atom stereocenters. The average Bonchev–Trinajstić information content (AvgIpc) is 3.27. The van der Waals surface area contributed by atoms with Gasteiger partial charge in [-0.25, -0.2) is 4.39 Å². The summed E-state index contributed by atoms with van der Waals surface area (Å²) >= 11 is 0. The molecule has 41 heavy (non-hydrogen) atoms. The molecule has 220 valence electrons. The van der Waals surface area contributed by atoms with Crippen LogP contribution >= 0.6 is 0 Å². The maximum Gasteiger partial charge on any atom is 0.269 e. The maximum atomic E-state index is 14.2. The molecule has 0 aromatic heterocycles. The van der Waals surface area contributed by atoms with Gasteiger partial charge in [0.05, 0.1) is 44.6 Å². The lowest BCUT2D eigenvalue weighted by Gasteiger charge is -2.29. The molecule has 0 aliphatic carbocycles. The first-order valence-corrected chi connectivity index (χ1v) is 13.1. The summed E-state index contributed by atoms with van der Waals surface area (Å²) in [6.07, 6.45) is 0.377. The Hall–Kier alpha value is -4.14. The fraction of sp³-hybridized carbons (Fsp3) is 0.444. The van der Waals surface area contributed by atoms with E-state index >= 15 is 0 Å². The highest BCUT2D eigenvalue weighted by Crippen LogP contribution is 2.33. The van der Waals surface area contributed by atoms with Gasteiger partial charge in [-0.1, -0.05) is 0 Å². The Morgan fingerprint density at radius 3 is 2.29 bits per heavy atom. The smallest absolute Gasteiger partial charge is 0.269 e. The Bertz CT molecular complexity index is 1260. The molecule has 0 radical (unpaired) electrons. The normalized spacial score (nSPS) is 16.5. The molecule has 0 spiro atoms. The average molecular weight is 575 g/mol. The Labute approximate surface area is 235 Å². The summed E-state index contributed by atoms with van der Waals surface area (Å²) in [5, 5.41) is 16.0. The van der Waals surface area contributed by atoms with E-state index in [-0.39, 0.29) is 36.5 Å². The van der Waals surface area contributed by atoms with Crippen LogP contribution in [-0.2, 0) is 30.3 Å². The molecule has 13 nitrogen and oxygen atoms in total. The number of rotatable bonds is 16. The molecule has 2 aromatic rings. The summed E-state index contributed by atoms with van der Waals surface area (Å²) in [5.74, 6) is -1.38. The molecule has 2 heterocycles. The number of nitrogens with one attached hydrogen (secondary N) is 2. The fourth-order valence-electron chi connectivity index (χ4n) is 4.47. The van der Waals surface area contributed by atoms with Crippen molar-refractivity contribution in [2.75, 3.05) is 58.1 Å². The van der Waals surface area contributed by atoms with Crippen molar-refractivity contribution in [3.63, 3.8) is 0 Å². The van der Waals surface area contributed by atoms with Gasteiger partial charge in [-0.05, 0) is 30.7 Å². The zero-order valence-corrected chi connectivity index (χ0v) is 22.3. The third kappa shape index (κ3) is 8.19. The van der Waals surface area contributed by atoms with Crippen molar-refractivity contribution < 1.29 is 42.6 Å². The van der Waals surface area contributed by atoms with E-state index in [0.29, 0.717) is 69.8 Å². The van der Waals surface area contributed by atoms with E-state index in [1.807, 2.05) is 0 Å². The van der Waals surface area contributed by atoms with Gasteiger partial charge < -0.3 is 29.2 Å². The van der Waals surface area contributed by atoms with Gasteiger partial charge >= 0.3 is 0 Å². The Morgan fingerprint density at radius 2 is 1.63 bits per heavy atom. The van der Waals surface area contributed by atoms with Gasteiger partial charge in [0.2, 0.25) is 11.8 Å². The van der Waals surface area contributed by atoms with Crippen molar-refractivity contribution in [2.24, 2.45) is 0 Å². The molecule has 2 N–H and O–H groups in total. The maximum absolute atomic E-state index is 14.2. The first-order valence-electron chi connectivity index (χ1n) is 13.1. The highest BCUT2D eigenvalue weighted by atomic mass is 19.1. The number of benzene rings is 2. The van der Waals surface area contributed by atoms with Crippen molar-refractivity contribution in [1.29, 1.82) is 0 Å². The molecule has 2 aromatic carbocycles. The van der Waals surface area contributed by atoms with Crippen LogP contribution in [0.4, 0.5) is 15.8 Å². The number of nitro benzene ring substituents is 1. The van der Waals surface area contributed by atoms with E-state index in [1.54, 1.807) is 0 Å². The van der Waals surface area contributed by atoms with Gasteiger partial charge in [0.1, 0.15) is 24.2 Å². The first-order chi connectivity index (χ1) is 19.8. The van der Waals surface area contributed by atoms with Gasteiger partial charge in [-0.3, -0.25) is 29.8 Å². The van der Waals surface area contributed by atoms with Crippen LogP contribution in [-0.4, -0.2) is 86.4 Å². The Balaban J connectivity index is 1.06. The highest BCUT2D eigenvalue weighted by molar-refractivity contribution is 6.06. The minimum absolute atomic E-state index is 0.00137. The number of ether oxygens (including phenoxy) is 4. The number of halogens is 1. The summed E-state index contributed by atoms with van der Waals surface area (Å²) in [5.41, 5.74) is 1.26. The monoisotopic (exact) mass is 574 g/mol. The third-order valence-corrected chi connectivity index (χ3v) is 6.47. The van der Waals surface area contributed by atoms with E-state index in [0.717, 1.165) is 6.07 Å². The van der Waals surface area contributed by atoms with Gasteiger partial charge in [0.15, 0.2) is 0 Å². The number of piperidine rings is 1. The van der Waals surface area contributed by atoms with E-state index in [2.05, 4.69) is 10.6 Å². The molecule has 0 saturated carbocycles. The molecule has 3 amide bonds. The second-order valence-electron chi connectivity index (χ2n) is 9.24. The molecule has 2 aliphatic heterocycles. The summed E-state index contributed by atoms with van der Waals surface area (Å²) < 4.78 is 36.1. The number of nitrogens with zero attached hydrogens (tertiary/aromatic N) is 2. The van der Waals surface area contributed by atoms with Crippen LogP contribution in [0.2, 0.25) is 0 Å². The minimum atomic E-state index is -0.770. The Morgan fingerprint density at radius 1 is 0.976 bits per heavy atom. The van der Waals surface area contributed by atoms with E-state index in [4.69, 9.17) is 18.9 Å². The van der Waals surface area contributed by atoms with Crippen LogP contribution in [0.15, 0.2) is 36.4 Å². The van der Waals surface area contributed by atoms with Crippen molar-refractivity contribution in [1.82, 2.24) is 10.2 Å². The van der Waals surface area contributed by atoms with E-state index in [9.17, 15) is 28.9 Å². The van der Waals surface area contributed by atoms with Crippen molar-refractivity contribution in [3.8, 4) is 5.75 Å². The van der Waals surface area contributed by atoms with Gasteiger partial charge in [-0.15, -0.1) is 0 Å². The summed E-state index contributed by atoms with van der Waals surface area (Å²) in [4.78, 5) is 48.1. The number of carbonyl (C=O) groups excluding carboxylic acids is 3. The predicted octanol–water partition coefficient (Wildman–Crippen LogP) is 2.04. The third-order valence-electron chi connectivity index (χ3n) is 6.47. The van der Waals surface area contributed by atoms with Gasteiger partial charge in [0.25, 0.3) is 11.6 Å². The number of carbonyl (C=O) groups is 3. The number of hydrogen-bond acceptors (Lipinski definition) is 10. The molecular weight excluding hydrogens is 543 g/mol. The van der Waals surface area contributed by atoms with Crippen LogP contribution in [0, 0.1) is 15.9 Å². The molecular formula is C27H31FN4O9. The zero-order valence-electron chi connectivity index (χ0n) is 22.3. The van der Waals surface area contributed by atoms with Crippen molar-refractivity contribution in [3.05, 3.63) is 63.5 Å². The number of anilines is 1. The van der Waals surface area contributed by atoms with Crippen molar-refractivity contribution >= 4 is 29.1 Å². The number of amides is 3. The lowest BCUT2D eigenvalue weighted by Crippen LogP contribution is -2.52. The number of non-ortho nitro benzene ring substituents is 1. The molecule has 1 fully saturated rings. The van der Waals surface area contributed by atoms with Gasteiger partial charge in [0, 0.05) is 48.5 Å². The molecule has 2 aliphatic rings. The summed E-state index contributed by atoms with van der Waals surface area (Å²) in [6.45, 7) is 2.88. The molecule has 4 rings (SSSR count). The van der Waals surface area contributed by atoms with Crippen molar-refractivity contribution in [2.45, 2.75) is 25.4 Å². The second kappa shape index (κ2) is 14.5. The predicted molar refractivity (Wildman–Crippen MR) is 142 cm³/mol. The van der Waals surface area contributed by atoms with Crippen LogP contribution in [0.25, 0.3) is 0 Å². The van der Waals surface area contributed by atoms with Crippen LogP contribution in [0.5, 0.6) is 5.75 Å². The molecule has 1 saturated heterocycles. The summed E-state index contributed by atoms with van der Waals surface area (Å²) in [6, 6.07) is 7.50. The number of hydrogen-bond donors (Lipinski definition) is 2. The standard InChI is InChI=1S/C27H31FN4O9/c28-18-15-21-22(17-31(27(21)35)24-5-6-25(33)30-26(24)34)23(16-18)29-7-8-38-9-10-39-11-12-40-13-14-41-20-3-1-19(2-4-20)32(36)37/h1-4,15-16,24,29H,5-14,17H2,(H,30,33,34). The SMILES string of the molecule is O=C1CCC(N2Cc3c(NCCOCCOCCOCCOc4ccc([N+](=O)[O-])cc4)cc(F)cc3C2=O)C(=O)N1. The molecule has 14 heteroatoms. The lowest BCUT2D eigenvalue weighted by molar-refractivity contribution is -0.384. The number of nitro groups is 1. The Kier molecular flexibility index (Phi) is 10.5. The van der Waals surface area contributed by atoms with E-state index < -0.39 is 28.6 Å². The minimum Gasteiger partial charge on any atom is -0.491 e. The first kappa shape index (κ1) is 29.8. The quantitative estimate of drug-likeness (QED) is 0.132. The lowest BCUT2D eigenvalue weighted by atomic mass is 10.0. The highest BCUT2D eigenvalue weighted by Gasteiger charge is 2.40. The number of imide groups is 1. The van der Waals surface area contributed by atoms with Crippen LogP contribution in [0.3, 0.4) is 0 Å². The fourth-order valence-corrected chi connectivity index (χ4v) is 4.47. The summed E-state index contributed by atoms with van der Waals surface area (Å²) in [7, 11) is 0. The van der Waals surface area contributed by atoms with Crippen LogP contribution < -0.4 is 15.4 Å². The topological polar surface area (TPSA) is 159 Å². The van der Waals surface area contributed by atoms with E-state index in [1.165, 1.54) is 35.2 Å². The molecule has 0 bridgehead atoms. The molecule has 1 atom stereocenters. The van der Waals surface area contributed by atoms with Gasteiger partial charge in [-0.2, -0.15) is 0 Å². The number of fused-ring (bicyclic) bond motifs is 1. The largest absolute Gasteiger partial charge is 0.491 e. The zero-order chi connectivity index (χ0) is 29.2.